The molecule has 0 aliphatic rings. The Balaban J connectivity index is 2.09. The summed E-state index contributed by atoms with van der Waals surface area (Å²) < 4.78 is 0. The van der Waals surface area contributed by atoms with E-state index in [1.807, 2.05) is 0 Å². The van der Waals surface area contributed by atoms with Crippen molar-refractivity contribution in [3.63, 3.8) is 0 Å². The van der Waals surface area contributed by atoms with Gasteiger partial charge in [0.2, 0.25) is 0 Å². The number of H-pyrrole nitrogens is 1. The molecule has 0 saturated carbocycles. The molecule has 0 radical (unpaired) electrons. The monoisotopic (exact) mass is 202 g/mol. The zero-order chi connectivity index (χ0) is 10.7. The van der Waals surface area contributed by atoms with Crippen LogP contribution in [0.15, 0.2) is 36.7 Å². The van der Waals surface area contributed by atoms with E-state index in [0.717, 1.165) is 0 Å². The molecule has 15 heavy (non-hydrogen) atoms. The number of carbonyl (C=O) groups excluding carboxylic acids is 1. The highest BCUT2D eigenvalue weighted by Gasteiger charge is 2.05. The maximum absolute atomic E-state index is 11.6. The summed E-state index contributed by atoms with van der Waals surface area (Å²) in [6, 6.07) is 6.94. The van der Waals surface area contributed by atoms with Crippen molar-refractivity contribution in [2.45, 2.75) is 0 Å². The number of rotatable bonds is 2. The second-order valence-electron chi connectivity index (χ2n) is 3.06. The zero-order valence-electron chi connectivity index (χ0n) is 7.90. The second-order valence-corrected chi connectivity index (χ2v) is 3.06. The minimum absolute atomic E-state index is 0.200. The van der Waals surface area contributed by atoms with Gasteiger partial charge in [0, 0.05) is 17.6 Å². The van der Waals surface area contributed by atoms with Gasteiger partial charge in [-0.2, -0.15) is 5.10 Å². The van der Waals surface area contributed by atoms with E-state index < -0.39 is 0 Å². The Hall–Kier alpha value is -2.30. The van der Waals surface area contributed by atoms with E-state index in [2.05, 4.69) is 15.5 Å². The van der Waals surface area contributed by atoms with Crippen LogP contribution in [0.3, 0.4) is 0 Å². The molecular formula is C10H10N4O. The highest BCUT2D eigenvalue weighted by Crippen LogP contribution is 2.11. The lowest BCUT2D eigenvalue weighted by Crippen LogP contribution is -2.10. The number of nitrogen functional groups attached to an aromatic ring is 1. The Morgan fingerprint density at radius 3 is 2.67 bits per heavy atom. The number of carbonyl (C=O) groups is 1. The van der Waals surface area contributed by atoms with Crippen LogP contribution in [0.2, 0.25) is 0 Å². The van der Waals surface area contributed by atoms with Crippen LogP contribution < -0.4 is 11.1 Å². The van der Waals surface area contributed by atoms with Crippen molar-refractivity contribution >= 4 is 17.3 Å². The second kappa shape index (κ2) is 3.83. The number of benzene rings is 1. The standard InChI is InChI=1S/C10H10N4O/c11-8-1-3-9(4-2-8)14-10(15)7-5-12-13-6-7/h1-6H,11H2,(H,12,13)(H,14,15). The molecule has 0 saturated heterocycles. The Morgan fingerprint density at radius 1 is 1.33 bits per heavy atom. The lowest BCUT2D eigenvalue weighted by Gasteiger charge is -2.03. The van der Waals surface area contributed by atoms with Gasteiger partial charge in [-0.05, 0) is 24.3 Å². The van der Waals surface area contributed by atoms with Gasteiger partial charge in [-0.1, -0.05) is 0 Å². The molecule has 1 heterocycles. The van der Waals surface area contributed by atoms with E-state index in [-0.39, 0.29) is 5.91 Å². The molecule has 76 valence electrons. The summed E-state index contributed by atoms with van der Waals surface area (Å²) in [5.74, 6) is -0.200. The number of anilines is 2. The van der Waals surface area contributed by atoms with E-state index >= 15 is 0 Å². The number of hydrogen-bond donors (Lipinski definition) is 3. The minimum atomic E-state index is -0.200. The highest BCUT2D eigenvalue weighted by molar-refractivity contribution is 6.03. The van der Waals surface area contributed by atoms with Gasteiger partial charge in [-0.3, -0.25) is 9.89 Å². The van der Waals surface area contributed by atoms with Crippen LogP contribution in [-0.4, -0.2) is 16.1 Å². The summed E-state index contributed by atoms with van der Waals surface area (Å²) in [5.41, 5.74) is 7.38. The van der Waals surface area contributed by atoms with Crippen LogP contribution >= 0.6 is 0 Å². The van der Waals surface area contributed by atoms with Gasteiger partial charge < -0.3 is 11.1 Å². The fourth-order valence-corrected chi connectivity index (χ4v) is 1.14. The fourth-order valence-electron chi connectivity index (χ4n) is 1.14. The maximum Gasteiger partial charge on any atom is 0.258 e. The maximum atomic E-state index is 11.6. The molecular weight excluding hydrogens is 192 g/mol. The van der Waals surface area contributed by atoms with Crippen LogP contribution in [0.5, 0.6) is 0 Å². The van der Waals surface area contributed by atoms with Crippen molar-refractivity contribution in [2.24, 2.45) is 0 Å². The lowest BCUT2D eigenvalue weighted by atomic mass is 10.2. The molecule has 5 nitrogen and oxygen atoms in total. The summed E-state index contributed by atoms with van der Waals surface area (Å²) in [6.07, 6.45) is 3.00. The minimum Gasteiger partial charge on any atom is -0.399 e. The van der Waals surface area contributed by atoms with E-state index in [4.69, 9.17) is 5.73 Å². The molecule has 1 aromatic heterocycles. The first kappa shape index (κ1) is 9.26. The Morgan fingerprint density at radius 2 is 2.07 bits per heavy atom. The number of aromatic nitrogens is 2. The van der Waals surface area contributed by atoms with Crippen LogP contribution in [0.1, 0.15) is 10.4 Å². The van der Waals surface area contributed by atoms with Crippen molar-refractivity contribution in [1.82, 2.24) is 10.2 Å². The molecule has 2 rings (SSSR count). The summed E-state index contributed by atoms with van der Waals surface area (Å²) in [6.45, 7) is 0. The molecule has 1 amide bonds. The average molecular weight is 202 g/mol. The average Bonchev–Trinajstić information content (AvgIpc) is 2.74. The van der Waals surface area contributed by atoms with E-state index in [1.165, 1.54) is 12.4 Å². The van der Waals surface area contributed by atoms with Gasteiger partial charge in [0.05, 0.1) is 11.8 Å². The van der Waals surface area contributed by atoms with Crippen LogP contribution in [0.4, 0.5) is 11.4 Å². The first-order chi connectivity index (χ1) is 7.25. The Kier molecular flexibility index (Phi) is 2.37. The molecule has 0 aliphatic heterocycles. The SMILES string of the molecule is Nc1ccc(NC(=O)c2cn[nH]c2)cc1. The summed E-state index contributed by atoms with van der Waals surface area (Å²) >= 11 is 0. The highest BCUT2D eigenvalue weighted by atomic mass is 16.1. The smallest absolute Gasteiger partial charge is 0.258 e. The van der Waals surface area contributed by atoms with Gasteiger partial charge in [-0.15, -0.1) is 0 Å². The van der Waals surface area contributed by atoms with Gasteiger partial charge >= 0.3 is 0 Å². The van der Waals surface area contributed by atoms with E-state index in [1.54, 1.807) is 24.3 Å². The summed E-state index contributed by atoms with van der Waals surface area (Å²) in [7, 11) is 0. The molecule has 0 atom stereocenters. The van der Waals surface area contributed by atoms with E-state index in [0.29, 0.717) is 16.9 Å². The number of nitrogens with one attached hydrogen (secondary N) is 2. The molecule has 0 unspecified atom stereocenters. The summed E-state index contributed by atoms with van der Waals surface area (Å²) in [4.78, 5) is 11.6. The molecule has 0 bridgehead atoms. The molecule has 2 aromatic rings. The van der Waals surface area contributed by atoms with Gasteiger partial charge in [-0.25, -0.2) is 0 Å². The third-order valence-corrected chi connectivity index (χ3v) is 1.93. The fraction of sp³-hybridized carbons (Fsp3) is 0. The first-order valence-electron chi connectivity index (χ1n) is 4.41. The largest absolute Gasteiger partial charge is 0.399 e. The third kappa shape index (κ3) is 2.14. The lowest BCUT2D eigenvalue weighted by molar-refractivity contribution is 0.102. The van der Waals surface area contributed by atoms with Crippen molar-refractivity contribution in [1.29, 1.82) is 0 Å². The Bertz CT molecular complexity index is 447. The van der Waals surface area contributed by atoms with Gasteiger partial charge in [0.25, 0.3) is 5.91 Å². The molecule has 0 aliphatic carbocycles. The van der Waals surface area contributed by atoms with Crippen molar-refractivity contribution in [3.05, 3.63) is 42.2 Å². The number of nitrogens with zero attached hydrogens (tertiary/aromatic N) is 1. The quantitative estimate of drug-likeness (QED) is 0.640. The van der Waals surface area contributed by atoms with Crippen LogP contribution in [0, 0.1) is 0 Å². The third-order valence-electron chi connectivity index (χ3n) is 1.93. The number of aromatic amines is 1. The van der Waals surface area contributed by atoms with Crippen molar-refractivity contribution in [2.75, 3.05) is 11.1 Å². The molecule has 1 aromatic carbocycles. The number of nitrogens with two attached hydrogens (primary N) is 1. The van der Waals surface area contributed by atoms with Gasteiger partial charge in [0.1, 0.15) is 0 Å². The predicted octanol–water partition coefficient (Wildman–Crippen LogP) is 1.24. The first-order valence-corrected chi connectivity index (χ1v) is 4.41. The van der Waals surface area contributed by atoms with E-state index in [9.17, 15) is 4.79 Å². The predicted molar refractivity (Wildman–Crippen MR) is 57.4 cm³/mol. The van der Waals surface area contributed by atoms with Gasteiger partial charge in [0.15, 0.2) is 0 Å². The molecule has 0 fully saturated rings. The molecule has 4 N–H and O–H groups in total. The normalized spacial score (nSPS) is 9.87. The molecule has 0 spiro atoms. The van der Waals surface area contributed by atoms with Crippen LogP contribution in [0.25, 0.3) is 0 Å². The molecule has 5 heteroatoms. The van der Waals surface area contributed by atoms with Crippen molar-refractivity contribution in [3.8, 4) is 0 Å². The zero-order valence-corrected chi connectivity index (χ0v) is 7.90. The Labute approximate surface area is 86.3 Å². The number of amides is 1. The van der Waals surface area contributed by atoms with Crippen molar-refractivity contribution < 1.29 is 4.79 Å². The van der Waals surface area contributed by atoms with Crippen LogP contribution in [-0.2, 0) is 0 Å². The number of hydrogen-bond acceptors (Lipinski definition) is 3. The topological polar surface area (TPSA) is 83.8 Å². The summed E-state index contributed by atoms with van der Waals surface area (Å²) in [5, 5.41) is 8.98.